The zero-order chi connectivity index (χ0) is 17.4. The van der Waals surface area contributed by atoms with E-state index in [1.54, 1.807) is 0 Å². The molecule has 138 valence electrons. The fraction of sp³-hybridized carbons (Fsp3) is 0.381. The van der Waals surface area contributed by atoms with Gasteiger partial charge in [0.25, 0.3) is 11.6 Å². The van der Waals surface area contributed by atoms with Crippen molar-refractivity contribution < 1.29 is 26.7 Å². The van der Waals surface area contributed by atoms with E-state index in [1.165, 1.54) is 30.7 Å². The van der Waals surface area contributed by atoms with Crippen LogP contribution in [-0.4, -0.2) is 28.6 Å². The van der Waals surface area contributed by atoms with Crippen molar-refractivity contribution in [3.8, 4) is 0 Å². The summed E-state index contributed by atoms with van der Waals surface area (Å²) < 4.78 is 2.36. The Morgan fingerprint density at radius 3 is 2.38 bits per heavy atom. The Morgan fingerprint density at radius 2 is 1.69 bits per heavy atom. The first-order valence-electron chi connectivity index (χ1n) is 9.04. The maximum absolute atomic E-state index is 11.8. The highest BCUT2D eigenvalue weighted by atomic mass is 79.9. The number of rotatable bonds is 2. The summed E-state index contributed by atoms with van der Waals surface area (Å²) in [5, 5.41) is 12.5. The SMILES string of the molecule is Cc1ccc(N2C3=[N+](CCCCC3)CC2(O)c2ccc(Cl)cc2)cc1.[Br-]. The number of halogens is 2. The molecule has 0 amide bonds. The number of anilines is 1. The van der Waals surface area contributed by atoms with E-state index in [-0.39, 0.29) is 17.0 Å². The molecule has 2 aliphatic rings. The molecule has 3 nitrogen and oxygen atoms in total. The molecule has 0 spiro atoms. The van der Waals surface area contributed by atoms with Crippen molar-refractivity contribution in [3.63, 3.8) is 0 Å². The standard InChI is InChI=1S/C21H24ClN2O.BrH/c1-16-6-12-19(13-7-16)24-20-5-3-2-4-14-23(20)15-21(24,25)17-8-10-18(22)11-9-17;/h6-13,25H,2-5,14-15H2,1H3;1H/q+1;/p-1. The molecule has 2 aromatic carbocycles. The van der Waals surface area contributed by atoms with Gasteiger partial charge in [0.05, 0.1) is 6.54 Å². The quantitative estimate of drug-likeness (QED) is 0.720. The van der Waals surface area contributed by atoms with Gasteiger partial charge >= 0.3 is 0 Å². The van der Waals surface area contributed by atoms with E-state index in [0.717, 1.165) is 24.2 Å². The van der Waals surface area contributed by atoms with Crippen LogP contribution >= 0.6 is 11.6 Å². The summed E-state index contributed by atoms with van der Waals surface area (Å²) in [6, 6.07) is 16.0. The fourth-order valence-electron chi connectivity index (χ4n) is 4.02. The number of aryl methyl sites for hydroxylation is 1. The Bertz CT molecular complexity index is 804. The minimum Gasteiger partial charge on any atom is -1.00 e. The average molecular weight is 436 g/mol. The van der Waals surface area contributed by atoms with Crippen LogP contribution in [0.1, 0.15) is 36.8 Å². The molecule has 2 aromatic rings. The summed E-state index contributed by atoms with van der Waals surface area (Å²) >= 11 is 6.07. The van der Waals surface area contributed by atoms with E-state index in [1.807, 2.05) is 24.3 Å². The first kappa shape index (κ1) is 19.4. The van der Waals surface area contributed by atoms with Gasteiger partial charge in [-0.05, 0) is 50.5 Å². The predicted molar refractivity (Wildman–Crippen MR) is 102 cm³/mol. The van der Waals surface area contributed by atoms with E-state index in [0.29, 0.717) is 11.6 Å². The summed E-state index contributed by atoms with van der Waals surface area (Å²) in [6.45, 7) is 3.69. The maximum Gasteiger partial charge on any atom is 0.275 e. The second-order valence-corrected chi connectivity index (χ2v) is 7.58. The third-order valence-electron chi connectivity index (χ3n) is 5.33. The molecular formula is C21H24BrClN2O. The number of nitrogens with zero attached hydrogens (tertiary/aromatic N) is 2. The van der Waals surface area contributed by atoms with Gasteiger partial charge in [0, 0.05) is 17.0 Å². The lowest BCUT2D eigenvalue weighted by atomic mass is 10.00. The minimum absolute atomic E-state index is 0. The maximum atomic E-state index is 11.8. The molecular weight excluding hydrogens is 412 g/mol. The van der Waals surface area contributed by atoms with Crippen LogP contribution in [0.5, 0.6) is 0 Å². The van der Waals surface area contributed by atoms with Crippen LogP contribution in [-0.2, 0) is 5.72 Å². The van der Waals surface area contributed by atoms with Gasteiger partial charge in [-0.1, -0.05) is 41.4 Å². The molecule has 0 bridgehead atoms. The van der Waals surface area contributed by atoms with Gasteiger partial charge in [-0.3, -0.25) is 4.58 Å². The molecule has 1 N–H and O–H groups in total. The molecule has 0 fully saturated rings. The van der Waals surface area contributed by atoms with Crippen LogP contribution in [0.15, 0.2) is 48.5 Å². The summed E-state index contributed by atoms with van der Waals surface area (Å²) in [5.41, 5.74) is 2.09. The van der Waals surface area contributed by atoms with Crippen LogP contribution in [0, 0.1) is 6.92 Å². The van der Waals surface area contributed by atoms with Gasteiger partial charge in [0.2, 0.25) is 0 Å². The third-order valence-corrected chi connectivity index (χ3v) is 5.58. The van der Waals surface area contributed by atoms with Crippen LogP contribution in [0.2, 0.25) is 5.02 Å². The van der Waals surface area contributed by atoms with Gasteiger partial charge in [-0.15, -0.1) is 0 Å². The molecule has 4 rings (SSSR count). The van der Waals surface area contributed by atoms with E-state index in [4.69, 9.17) is 11.6 Å². The molecule has 0 aromatic heterocycles. The predicted octanol–water partition coefficient (Wildman–Crippen LogP) is 1.30. The topological polar surface area (TPSA) is 26.5 Å². The fourth-order valence-corrected chi connectivity index (χ4v) is 4.14. The molecule has 1 unspecified atom stereocenters. The second kappa shape index (κ2) is 7.71. The minimum atomic E-state index is -1.06. The highest BCUT2D eigenvalue weighted by Crippen LogP contribution is 2.38. The number of hydrogen-bond donors (Lipinski definition) is 1. The van der Waals surface area contributed by atoms with Crippen molar-refractivity contribution in [1.82, 2.24) is 0 Å². The van der Waals surface area contributed by atoms with Gasteiger partial charge in [-0.25, -0.2) is 0 Å². The summed E-state index contributed by atoms with van der Waals surface area (Å²) in [5.74, 6) is 1.24. The van der Waals surface area contributed by atoms with E-state index in [9.17, 15) is 5.11 Å². The Balaban J connectivity index is 0.00000196. The highest BCUT2D eigenvalue weighted by molar-refractivity contribution is 6.30. The Hall–Kier alpha value is -1.36. The number of aliphatic hydroxyl groups is 1. The molecule has 0 radical (unpaired) electrons. The van der Waals surface area contributed by atoms with Gasteiger partial charge in [-0.2, -0.15) is 4.90 Å². The first-order valence-corrected chi connectivity index (χ1v) is 9.42. The molecule has 0 aliphatic carbocycles. The van der Waals surface area contributed by atoms with Crippen molar-refractivity contribution in [2.45, 2.75) is 38.3 Å². The molecule has 5 heteroatoms. The zero-order valence-corrected chi connectivity index (χ0v) is 17.3. The molecule has 2 heterocycles. The van der Waals surface area contributed by atoms with Gasteiger partial charge in [0.15, 0.2) is 6.54 Å². The van der Waals surface area contributed by atoms with Crippen LogP contribution in [0.4, 0.5) is 5.69 Å². The van der Waals surface area contributed by atoms with Crippen molar-refractivity contribution in [1.29, 1.82) is 0 Å². The number of hydrogen-bond acceptors (Lipinski definition) is 2. The van der Waals surface area contributed by atoms with E-state index in [2.05, 4.69) is 40.7 Å². The van der Waals surface area contributed by atoms with Crippen molar-refractivity contribution >= 4 is 23.1 Å². The third kappa shape index (κ3) is 3.42. The normalized spacial score (nSPS) is 22.7. The lowest BCUT2D eigenvalue weighted by Gasteiger charge is -2.29. The summed E-state index contributed by atoms with van der Waals surface area (Å²) in [6.07, 6.45) is 4.61. The summed E-state index contributed by atoms with van der Waals surface area (Å²) in [4.78, 5) is 2.14. The first-order chi connectivity index (χ1) is 12.1. The lowest BCUT2D eigenvalue weighted by molar-refractivity contribution is -0.534. The molecule has 0 saturated carbocycles. The average Bonchev–Trinajstić information content (AvgIpc) is 2.74. The van der Waals surface area contributed by atoms with Gasteiger partial charge in [0.1, 0.15) is 5.69 Å². The molecule has 2 aliphatic heterocycles. The highest BCUT2D eigenvalue weighted by Gasteiger charge is 2.53. The molecule has 1 atom stereocenters. The van der Waals surface area contributed by atoms with Crippen LogP contribution < -0.4 is 21.9 Å². The van der Waals surface area contributed by atoms with E-state index >= 15 is 0 Å². The summed E-state index contributed by atoms with van der Waals surface area (Å²) in [7, 11) is 0. The number of benzene rings is 2. The Kier molecular flexibility index (Phi) is 5.75. The smallest absolute Gasteiger partial charge is 0.275 e. The van der Waals surface area contributed by atoms with Crippen molar-refractivity contribution in [2.75, 3.05) is 18.0 Å². The number of amidine groups is 1. The zero-order valence-electron chi connectivity index (χ0n) is 15.0. The Morgan fingerprint density at radius 1 is 1.00 bits per heavy atom. The molecule has 0 saturated heterocycles. The lowest BCUT2D eigenvalue weighted by Crippen LogP contribution is -3.00. The Labute approximate surface area is 170 Å². The van der Waals surface area contributed by atoms with Crippen LogP contribution in [0.25, 0.3) is 0 Å². The molecule has 26 heavy (non-hydrogen) atoms. The van der Waals surface area contributed by atoms with Gasteiger partial charge < -0.3 is 22.1 Å². The largest absolute Gasteiger partial charge is 1.00 e. The van der Waals surface area contributed by atoms with Crippen molar-refractivity contribution in [2.24, 2.45) is 0 Å². The monoisotopic (exact) mass is 434 g/mol. The van der Waals surface area contributed by atoms with Crippen molar-refractivity contribution in [3.05, 3.63) is 64.7 Å². The second-order valence-electron chi connectivity index (χ2n) is 7.14. The van der Waals surface area contributed by atoms with Crippen LogP contribution in [0.3, 0.4) is 0 Å². The van der Waals surface area contributed by atoms with E-state index < -0.39 is 5.72 Å².